The number of likely N-dealkylation sites (tertiary alicyclic amines) is 2. The number of hydrogen-bond acceptors (Lipinski definition) is 4. The molecule has 0 radical (unpaired) electrons. The molecule has 0 unspecified atom stereocenters. The van der Waals surface area contributed by atoms with Crippen LogP contribution in [0.3, 0.4) is 0 Å². The average molecular weight is 595 g/mol. The zero-order valence-electron chi connectivity index (χ0n) is 26.6. The molecule has 0 N–H and O–H groups in total. The number of aryl methyl sites for hydroxylation is 1. The van der Waals surface area contributed by atoms with Crippen LogP contribution in [-0.2, 0) is 14.4 Å². The first-order chi connectivity index (χ1) is 19.5. The Morgan fingerprint density at radius 3 is 1.98 bits per heavy atom. The third-order valence-electron chi connectivity index (χ3n) is 8.71. The SMILES string of the molecule is Cc1ccc(N(C(=O)C(C)(C)C)[C@H]2C[C@@H](C(=O)N(C)C)N(C(=O)[C@@H]3CN(C(C)(C)C)C[C@H]3c3ccc(Cl)cc3)C2)cc1. The predicted molar refractivity (Wildman–Crippen MR) is 170 cm³/mol. The van der Waals surface area contributed by atoms with Crippen LogP contribution in [0.4, 0.5) is 5.69 Å². The molecule has 228 valence electrons. The number of benzene rings is 2. The Balaban J connectivity index is 1.73. The highest BCUT2D eigenvalue weighted by atomic mass is 35.5. The van der Waals surface area contributed by atoms with Crippen molar-refractivity contribution in [3.05, 3.63) is 64.7 Å². The molecule has 2 aromatic carbocycles. The van der Waals surface area contributed by atoms with Gasteiger partial charge in [-0.15, -0.1) is 0 Å². The zero-order valence-corrected chi connectivity index (χ0v) is 27.4. The van der Waals surface area contributed by atoms with Gasteiger partial charge in [-0.2, -0.15) is 0 Å². The van der Waals surface area contributed by atoms with E-state index in [0.717, 1.165) is 23.4 Å². The summed E-state index contributed by atoms with van der Waals surface area (Å²) < 4.78 is 0. The van der Waals surface area contributed by atoms with Gasteiger partial charge in [-0.1, -0.05) is 62.2 Å². The molecule has 42 heavy (non-hydrogen) atoms. The van der Waals surface area contributed by atoms with E-state index >= 15 is 0 Å². The lowest BCUT2D eigenvalue weighted by Crippen LogP contribution is -2.50. The first-order valence-electron chi connectivity index (χ1n) is 14.9. The van der Waals surface area contributed by atoms with E-state index in [1.165, 1.54) is 0 Å². The lowest BCUT2D eigenvalue weighted by Gasteiger charge is -2.34. The van der Waals surface area contributed by atoms with Gasteiger partial charge in [0.25, 0.3) is 0 Å². The number of nitrogens with zero attached hydrogens (tertiary/aromatic N) is 4. The van der Waals surface area contributed by atoms with Gasteiger partial charge in [0.05, 0.1) is 12.0 Å². The fourth-order valence-electron chi connectivity index (χ4n) is 6.20. The van der Waals surface area contributed by atoms with Gasteiger partial charge in [0, 0.05) is 61.3 Å². The Hall–Kier alpha value is -2.90. The fourth-order valence-corrected chi connectivity index (χ4v) is 6.33. The molecule has 2 aliphatic heterocycles. The quantitative estimate of drug-likeness (QED) is 0.452. The Kier molecular flexibility index (Phi) is 9.15. The van der Waals surface area contributed by atoms with Crippen molar-refractivity contribution in [1.82, 2.24) is 14.7 Å². The molecule has 0 aromatic heterocycles. The minimum Gasteiger partial charge on any atom is -0.347 e. The maximum Gasteiger partial charge on any atom is 0.244 e. The van der Waals surface area contributed by atoms with Crippen LogP contribution >= 0.6 is 11.6 Å². The topological polar surface area (TPSA) is 64.2 Å². The molecular formula is C34H47ClN4O3. The van der Waals surface area contributed by atoms with Crippen molar-refractivity contribution in [1.29, 1.82) is 0 Å². The number of anilines is 1. The van der Waals surface area contributed by atoms with E-state index in [-0.39, 0.29) is 41.1 Å². The molecule has 2 heterocycles. The summed E-state index contributed by atoms with van der Waals surface area (Å²) in [5.41, 5.74) is 2.20. The number of halogens is 1. The second-order valence-corrected chi connectivity index (χ2v) is 14.7. The molecule has 2 saturated heterocycles. The fraction of sp³-hybridized carbons (Fsp3) is 0.559. The molecule has 2 aliphatic rings. The van der Waals surface area contributed by atoms with Gasteiger partial charge in [0.1, 0.15) is 6.04 Å². The molecule has 7 nitrogen and oxygen atoms in total. The van der Waals surface area contributed by atoms with Crippen LogP contribution in [0.25, 0.3) is 0 Å². The highest BCUT2D eigenvalue weighted by Gasteiger charge is 2.50. The molecule has 0 spiro atoms. The molecule has 3 amide bonds. The van der Waals surface area contributed by atoms with Crippen LogP contribution in [0.2, 0.25) is 5.02 Å². The van der Waals surface area contributed by atoms with Gasteiger partial charge in [0.15, 0.2) is 0 Å². The highest BCUT2D eigenvalue weighted by molar-refractivity contribution is 6.30. The van der Waals surface area contributed by atoms with Gasteiger partial charge >= 0.3 is 0 Å². The van der Waals surface area contributed by atoms with E-state index in [0.29, 0.717) is 24.5 Å². The Morgan fingerprint density at radius 2 is 1.45 bits per heavy atom. The zero-order chi connectivity index (χ0) is 31.1. The maximum atomic E-state index is 14.6. The minimum atomic E-state index is -0.646. The van der Waals surface area contributed by atoms with Crippen molar-refractivity contribution in [3.63, 3.8) is 0 Å². The molecule has 2 fully saturated rings. The van der Waals surface area contributed by atoms with Gasteiger partial charge in [-0.05, 0) is 63.9 Å². The first kappa shape index (κ1) is 32.0. The Bertz CT molecular complexity index is 1290. The summed E-state index contributed by atoms with van der Waals surface area (Å²) in [6, 6.07) is 14.7. The normalized spacial score (nSPS) is 23.2. The Morgan fingerprint density at radius 1 is 0.857 bits per heavy atom. The monoisotopic (exact) mass is 594 g/mol. The van der Waals surface area contributed by atoms with Crippen molar-refractivity contribution in [2.45, 2.75) is 78.4 Å². The molecule has 4 rings (SSSR count). The van der Waals surface area contributed by atoms with E-state index in [9.17, 15) is 14.4 Å². The third-order valence-corrected chi connectivity index (χ3v) is 8.96. The lowest BCUT2D eigenvalue weighted by atomic mass is 9.88. The number of carbonyl (C=O) groups excluding carboxylic acids is 3. The summed E-state index contributed by atoms with van der Waals surface area (Å²) in [6.07, 6.45) is 0.389. The van der Waals surface area contributed by atoms with Crippen LogP contribution < -0.4 is 4.90 Å². The van der Waals surface area contributed by atoms with E-state index in [2.05, 4.69) is 25.7 Å². The molecule has 0 saturated carbocycles. The van der Waals surface area contributed by atoms with Crippen molar-refractivity contribution in [2.75, 3.05) is 38.6 Å². The van der Waals surface area contributed by atoms with Gasteiger partial charge in [-0.3, -0.25) is 19.3 Å². The largest absolute Gasteiger partial charge is 0.347 e. The standard InChI is InChI=1S/C34H47ClN4O3/c1-22-10-16-25(17-11-22)39(32(42)33(2,3)4)26-18-29(31(41)36(8)9)38(19-26)30(40)28-21-37(34(5,6)7)20-27(28)23-12-14-24(35)15-13-23/h10-17,26-29H,18-21H2,1-9H3/t26-,27-,28+,29-/m0/s1. The second kappa shape index (κ2) is 12.0. The van der Waals surface area contributed by atoms with E-state index in [1.54, 1.807) is 23.9 Å². The van der Waals surface area contributed by atoms with Crippen LogP contribution in [0.15, 0.2) is 48.5 Å². The van der Waals surface area contributed by atoms with E-state index in [1.807, 2.05) is 81.1 Å². The van der Waals surface area contributed by atoms with Crippen LogP contribution in [0.1, 0.15) is 65.0 Å². The van der Waals surface area contributed by atoms with Gasteiger partial charge < -0.3 is 14.7 Å². The summed E-state index contributed by atoms with van der Waals surface area (Å²) in [6.45, 7) is 15.9. The second-order valence-electron chi connectivity index (χ2n) is 14.2. The van der Waals surface area contributed by atoms with Crippen LogP contribution in [0.5, 0.6) is 0 Å². The average Bonchev–Trinajstić information content (AvgIpc) is 3.55. The maximum absolute atomic E-state index is 14.6. The summed E-state index contributed by atoms with van der Waals surface area (Å²) in [5.74, 6) is -0.538. The molecule has 8 heteroatoms. The molecule has 0 bridgehead atoms. The number of hydrogen-bond donors (Lipinski definition) is 0. The number of rotatable bonds is 5. The predicted octanol–water partition coefficient (Wildman–Crippen LogP) is 5.60. The van der Waals surface area contributed by atoms with Crippen LogP contribution in [0, 0.1) is 18.3 Å². The summed E-state index contributed by atoms with van der Waals surface area (Å²) >= 11 is 6.21. The number of carbonyl (C=O) groups is 3. The molecular weight excluding hydrogens is 548 g/mol. The number of amides is 3. The van der Waals surface area contributed by atoms with Crippen molar-refractivity contribution >= 4 is 35.0 Å². The van der Waals surface area contributed by atoms with Crippen molar-refractivity contribution in [2.24, 2.45) is 11.3 Å². The van der Waals surface area contributed by atoms with E-state index in [4.69, 9.17) is 11.6 Å². The smallest absolute Gasteiger partial charge is 0.244 e. The van der Waals surface area contributed by atoms with Crippen LogP contribution in [-0.4, -0.2) is 83.8 Å². The van der Waals surface area contributed by atoms with Gasteiger partial charge in [0.2, 0.25) is 17.7 Å². The summed E-state index contributed by atoms with van der Waals surface area (Å²) in [7, 11) is 3.45. The minimum absolute atomic E-state index is 0.0273. The third kappa shape index (κ3) is 6.68. The van der Waals surface area contributed by atoms with Crippen molar-refractivity contribution < 1.29 is 14.4 Å². The summed E-state index contributed by atoms with van der Waals surface area (Å²) in [5, 5.41) is 0.658. The van der Waals surface area contributed by atoms with Crippen molar-refractivity contribution in [3.8, 4) is 0 Å². The molecule has 4 atom stereocenters. The highest BCUT2D eigenvalue weighted by Crippen LogP contribution is 2.40. The molecule has 2 aromatic rings. The lowest BCUT2D eigenvalue weighted by molar-refractivity contribution is -0.144. The van der Waals surface area contributed by atoms with Gasteiger partial charge in [-0.25, -0.2) is 0 Å². The summed E-state index contributed by atoms with van der Waals surface area (Å²) in [4.78, 5) is 49.6. The first-order valence-corrected chi connectivity index (χ1v) is 15.3. The number of likely N-dealkylation sites (N-methyl/N-ethyl adjacent to an activating group) is 1. The molecule has 0 aliphatic carbocycles. The Labute approximate surface area is 256 Å². The van der Waals surface area contributed by atoms with E-state index < -0.39 is 11.5 Å².